The molecule has 0 saturated heterocycles. The molecule has 0 saturated carbocycles. The van der Waals surface area contributed by atoms with Crippen LogP contribution in [0.5, 0.6) is 11.6 Å². The van der Waals surface area contributed by atoms with Crippen molar-refractivity contribution in [3.8, 4) is 11.6 Å². The van der Waals surface area contributed by atoms with E-state index in [0.29, 0.717) is 6.07 Å². The molecule has 2 N–H and O–H groups in total. The van der Waals surface area contributed by atoms with E-state index in [2.05, 4.69) is 9.47 Å². The van der Waals surface area contributed by atoms with Crippen LogP contribution in [0.2, 0.25) is 0 Å². The zero-order valence-electron chi connectivity index (χ0n) is 8.29. The number of alkyl halides is 3. The number of halogens is 3. The maximum atomic E-state index is 11.9. The zero-order valence-corrected chi connectivity index (χ0v) is 8.29. The Kier molecular flexibility index (Phi) is 3.30. The molecule has 17 heavy (non-hydrogen) atoms. The van der Waals surface area contributed by atoms with E-state index in [1.807, 2.05) is 0 Å². The summed E-state index contributed by atoms with van der Waals surface area (Å²) in [6.45, 7) is 0. The third-order valence-electron chi connectivity index (χ3n) is 1.64. The van der Waals surface area contributed by atoms with Gasteiger partial charge in [0.2, 0.25) is 5.88 Å². The predicted molar refractivity (Wildman–Crippen MR) is 47.3 cm³/mol. The molecule has 1 rings (SSSR count). The molecule has 0 atom stereocenters. The molecule has 9 heteroatoms. The highest BCUT2D eigenvalue weighted by Crippen LogP contribution is 2.28. The minimum absolute atomic E-state index is 0.542. The van der Waals surface area contributed by atoms with Crippen LogP contribution in [0.25, 0.3) is 0 Å². The molecule has 94 valence electrons. The normalized spacial score (nSPS) is 11.1. The first-order valence-electron chi connectivity index (χ1n) is 4.05. The summed E-state index contributed by atoms with van der Waals surface area (Å²) in [6, 6.07) is 0.641. The number of rotatable bonds is 3. The molecule has 1 aromatic heterocycles. The fourth-order valence-electron chi connectivity index (χ4n) is 0.996. The molecule has 0 bridgehead atoms. The molecule has 1 aromatic rings. The van der Waals surface area contributed by atoms with E-state index in [1.165, 1.54) is 0 Å². The Balaban J connectivity index is 3.29. The van der Waals surface area contributed by atoms with Crippen molar-refractivity contribution in [3.05, 3.63) is 22.0 Å². The van der Waals surface area contributed by atoms with Crippen molar-refractivity contribution in [1.82, 2.24) is 4.98 Å². The van der Waals surface area contributed by atoms with Gasteiger partial charge < -0.3 is 14.6 Å². The topological polar surface area (TPSA) is 88.6 Å². The van der Waals surface area contributed by atoms with Crippen LogP contribution in [0.4, 0.5) is 13.2 Å². The number of hydrogen-bond acceptors (Lipinski definition) is 4. The van der Waals surface area contributed by atoms with Gasteiger partial charge in [-0.25, -0.2) is 4.79 Å². The highest BCUT2D eigenvalue weighted by atomic mass is 19.4. The first kappa shape index (κ1) is 12.9. The second-order valence-electron chi connectivity index (χ2n) is 2.76. The van der Waals surface area contributed by atoms with E-state index >= 15 is 0 Å². The van der Waals surface area contributed by atoms with E-state index < -0.39 is 35.1 Å². The molecule has 0 aliphatic heterocycles. The number of ether oxygens (including phenoxy) is 2. The number of H-pyrrole nitrogens is 1. The number of carboxylic acids is 1. The van der Waals surface area contributed by atoms with Gasteiger partial charge >= 0.3 is 12.3 Å². The van der Waals surface area contributed by atoms with Crippen molar-refractivity contribution in [1.29, 1.82) is 0 Å². The standard InChI is InChI=1S/C8H6F3NO5/c1-16-4-2-3(7(14)15)5(13)12-6(4)17-8(9,10)11/h2H,1H3,(H,12,13)(H,14,15). The van der Waals surface area contributed by atoms with E-state index in [9.17, 15) is 22.8 Å². The molecule has 6 nitrogen and oxygen atoms in total. The fourth-order valence-corrected chi connectivity index (χ4v) is 0.996. The van der Waals surface area contributed by atoms with Crippen LogP contribution >= 0.6 is 0 Å². The largest absolute Gasteiger partial charge is 0.574 e. The zero-order chi connectivity index (χ0) is 13.2. The number of aromatic amines is 1. The highest BCUT2D eigenvalue weighted by molar-refractivity contribution is 5.87. The number of nitrogens with one attached hydrogen (secondary N) is 1. The maximum absolute atomic E-state index is 11.9. The monoisotopic (exact) mass is 253 g/mol. The molecule has 0 unspecified atom stereocenters. The van der Waals surface area contributed by atoms with Gasteiger partial charge in [-0.05, 0) is 0 Å². The van der Waals surface area contributed by atoms with Gasteiger partial charge in [0.1, 0.15) is 5.56 Å². The Hall–Kier alpha value is -2.19. The second-order valence-corrected chi connectivity index (χ2v) is 2.76. The van der Waals surface area contributed by atoms with E-state index in [0.717, 1.165) is 7.11 Å². The van der Waals surface area contributed by atoms with Gasteiger partial charge in [0.05, 0.1) is 7.11 Å². The Bertz CT molecular complexity index is 493. The Morgan fingerprint density at radius 1 is 1.47 bits per heavy atom. The van der Waals surface area contributed by atoms with Crippen LogP contribution in [0.3, 0.4) is 0 Å². The lowest BCUT2D eigenvalue weighted by Gasteiger charge is -2.11. The van der Waals surface area contributed by atoms with Crippen LogP contribution < -0.4 is 15.0 Å². The van der Waals surface area contributed by atoms with Crippen molar-refractivity contribution in [2.75, 3.05) is 7.11 Å². The molecular weight excluding hydrogens is 247 g/mol. The van der Waals surface area contributed by atoms with Gasteiger partial charge in [-0.3, -0.25) is 9.78 Å². The van der Waals surface area contributed by atoms with Crippen LogP contribution in [-0.4, -0.2) is 29.5 Å². The SMILES string of the molecule is COc1cc(C(=O)O)c(=O)[nH]c1OC(F)(F)F. The number of methoxy groups -OCH3 is 1. The predicted octanol–water partition coefficient (Wildman–Crippen LogP) is 0.980. The molecule has 0 aromatic carbocycles. The summed E-state index contributed by atoms with van der Waals surface area (Å²) in [4.78, 5) is 23.3. The molecular formula is C8H6F3NO5. The van der Waals surface area contributed by atoms with Gasteiger partial charge in [0, 0.05) is 6.07 Å². The van der Waals surface area contributed by atoms with Crippen molar-refractivity contribution >= 4 is 5.97 Å². The summed E-state index contributed by atoms with van der Waals surface area (Å²) in [6.07, 6.45) is -5.03. The van der Waals surface area contributed by atoms with E-state index in [4.69, 9.17) is 5.11 Å². The minimum Gasteiger partial charge on any atom is -0.491 e. The number of aromatic carboxylic acids is 1. The second kappa shape index (κ2) is 4.36. The van der Waals surface area contributed by atoms with E-state index in [1.54, 1.807) is 4.98 Å². The van der Waals surface area contributed by atoms with Gasteiger partial charge in [-0.2, -0.15) is 0 Å². The summed E-state index contributed by atoms with van der Waals surface area (Å²) < 4.78 is 43.7. The van der Waals surface area contributed by atoms with Crippen LogP contribution in [0.1, 0.15) is 10.4 Å². The number of hydrogen-bond donors (Lipinski definition) is 2. The third-order valence-corrected chi connectivity index (χ3v) is 1.64. The van der Waals surface area contributed by atoms with Gasteiger partial charge in [0.15, 0.2) is 5.75 Å². The number of aromatic nitrogens is 1. The Morgan fingerprint density at radius 3 is 2.47 bits per heavy atom. The first-order valence-corrected chi connectivity index (χ1v) is 4.05. The number of carboxylic acid groups (broad SMARTS) is 1. The lowest BCUT2D eigenvalue weighted by Crippen LogP contribution is -2.23. The van der Waals surface area contributed by atoms with Gasteiger partial charge in [0.25, 0.3) is 5.56 Å². The van der Waals surface area contributed by atoms with Gasteiger partial charge in [-0.15, -0.1) is 13.2 Å². The highest BCUT2D eigenvalue weighted by Gasteiger charge is 2.33. The smallest absolute Gasteiger partial charge is 0.491 e. The van der Waals surface area contributed by atoms with Crippen LogP contribution in [0.15, 0.2) is 10.9 Å². The third kappa shape index (κ3) is 3.13. The average Bonchev–Trinajstić information content (AvgIpc) is 2.14. The summed E-state index contributed by atoms with van der Waals surface area (Å²) in [5, 5.41) is 8.57. The first-order chi connectivity index (χ1) is 7.74. The number of carbonyl (C=O) groups is 1. The van der Waals surface area contributed by atoms with Crippen LogP contribution in [0, 0.1) is 0 Å². The van der Waals surface area contributed by atoms with Crippen molar-refractivity contribution in [2.45, 2.75) is 6.36 Å². The number of pyridine rings is 1. The lowest BCUT2D eigenvalue weighted by atomic mass is 10.2. The van der Waals surface area contributed by atoms with Crippen LogP contribution in [-0.2, 0) is 0 Å². The molecule has 0 amide bonds. The molecule has 0 aliphatic carbocycles. The summed E-state index contributed by atoms with van der Waals surface area (Å²) >= 11 is 0. The van der Waals surface area contributed by atoms with Crippen molar-refractivity contribution < 1.29 is 32.5 Å². The van der Waals surface area contributed by atoms with Crippen molar-refractivity contribution in [2.24, 2.45) is 0 Å². The summed E-state index contributed by atoms with van der Waals surface area (Å²) in [7, 11) is 1.00. The van der Waals surface area contributed by atoms with Gasteiger partial charge in [-0.1, -0.05) is 0 Å². The molecule has 0 fully saturated rings. The fraction of sp³-hybridized carbons (Fsp3) is 0.250. The lowest BCUT2D eigenvalue weighted by molar-refractivity contribution is -0.276. The Morgan fingerprint density at radius 2 is 2.06 bits per heavy atom. The quantitative estimate of drug-likeness (QED) is 0.838. The summed E-state index contributed by atoms with van der Waals surface area (Å²) in [5.74, 6) is -3.14. The molecule has 1 heterocycles. The van der Waals surface area contributed by atoms with E-state index in [-0.39, 0.29) is 0 Å². The molecule has 0 radical (unpaired) electrons. The molecule has 0 spiro atoms. The Labute approximate surface area is 91.6 Å². The van der Waals surface area contributed by atoms with Crippen molar-refractivity contribution in [3.63, 3.8) is 0 Å². The molecule has 0 aliphatic rings. The minimum atomic E-state index is -5.03. The summed E-state index contributed by atoms with van der Waals surface area (Å²) in [5.41, 5.74) is -1.98. The average molecular weight is 253 g/mol. The maximum Gasteiger partial charge on any atom is 0.574 e.